The third kappa shape index (κ3) is 4.34. The molecule has 0 aliphatic carbocycles. The van der Waals surface area contributed by atoms with E-state index >= 15 is 0 Å². The number of hydrogen-bond donors (Lipinski definition) is 2. The first-order chi connectivity index (χ1) is 16.3. The number of rotatable bonds is 5. The van der Waals surface area contributed by atoms with Crippen LogP contribution in [-0.4, -0.2) is 43.7 Å². The highest BCUT2D eigenvalue weighted by Gasteiger charge is 2.26. The van der Waals surface area contributed by atoms with E-state index in [9.17, 15) is 14.4 Å². The SMILES string of the molecule is CC#CCn1c(N2CCC[C@@H](N)C2)nc2c1c(=O)n(CC(=O)Nc1ccccc1C)c(=O)n2C. The van der Waals surface area contributed by atoms with Gasteiger partial charge >= 0.3 is 5.69 Å². The molecule has 3 N–H and O–H groups in total. The van der Waals surface area contributed by atoms with Crippen molar-refractivity contribution in [2.75, 3.05) is 23.3 Å². The number of aromatic nitrogens is 4. The highest BCUT2D eigenvalue weighted by Crippen LogP contribution is 2.22. The minimum absolute atomic E-state index is 0.00453. The highest BCUT2D eigenvalue weighted by atomic mass is 16.2. The van der Waals surface area contributed by atoms with Gasteiger partial charge in [0.2, 0.25) is 11.9 Å². The van der Waals surface area contributed by atoms with Gasteiger partial charge in [0.05, 0.1) is 6.54 Å². The molecular weight excluding hydrogens is 434 g/mol. The Morgan fingerprint density at radius 2 is 2.03 bits per heavy atom. The minimum atomic E-state index is -0.606. The number of carbonyl (C=O) groups is 1. The predicted octanol–water partition coefficient (Wildman–Crippen LogP) is 0.795. The van der Waals surface area contributed by atoms with Crippen molar-refractivity contribution in [2.24, 2.45) is 12.8 Å². The number of piperidine rings is 1. The molecule has 0 bridgehead atoms. The lowest BCUT2D eigenvalue weighted by molar-refractivity contribution is -0.116. The summed E-state index contributed by atoms with van der Waals surface area (Å²) in [4.78, 5) is 46.0. The van der Waals surface area contributed by atoms with E-state index in [2.05, 4.69) is 22.1 Å². The number of fused-ring (bicyclic) bond motifs is 1. The van der Waals surface area contributed by atoms with Crippen LogP contribution >= 0.6 is 0 Å². The lowest BCUT2D eigenvalue weighted by Gasteiger charge is -2.31. The number of imidazole rings is 1. The molecule has 3 heterocycles. The largest absolute Gasteiger partial charge is 0.341 e. The van der Waals surface area contributed by atoms with Crippen molar-refractivity contribution in [2.45, 2.75) is 45.8 Å². The topological polar surface area (TPSA) is 120 Å². The molecule has 1 atom stereocenters. The van der Waals surface area contributed by atoms with Crippen LogP contribution in [0.1, 0.15) is 25.3 Å². The van der Waals surface area contributed by atoms with E-state index in [0.29, 0.717) is 18.2 Å². The molecule has 0 unspecified atom stereocenters. The Balaban J connectivity index is 1.80. The number of aryl methyl sites for hydroxylation is 2. The van der Waals surface area contributed by atoms with E-state index < -0.39 is 23.7 Å². The molecule has 4 rings (SSSR count). The van der Waals surface area contributed by atoms with Crippen molar-refractivity contribution in [3.05, 3.63) is 50.7 Å². The van der Waals surface area contributed by atoms with E-state index in [4.69, 9.17) is 5.73 Å². The van der Waals surface area contributed by atoms with Crippen LogP contribution in [0.5, 0.6) is 0 Å². The Morgan fingerprint density at radius 3 is 2.74 bits per heavy atom. The number of nitrogens with one attached hydrogen (secondary N) is 1. The number of hydrogen-bond acceptors (Lipinski definition) is 6. The van der Waals surface area contributed by atoms with Gasteiger partial charge in [-0.25, -0.2) is 9.36 Å². The zero-order valence-corrected chi connectivity index (χ0v) is 19.7. The summed E-state index contributed by atoms with van der Waals surface area (Å²) in [6.45, 7) is 4.76. The second kappa shape index (κ2) is 9.57. The third-order valence-electron chi connectivity index (χ3n) is 6.09. The Hall–Kier alpha value is -3.84. The number of anilines is 2. The Bertz CT molecular complexity index is 1420. The maximum Gasteiger partial charge on any atom is 0.332 e. The van der Waals surface area contributed by atoms with Gasteiger partial charge in [-0.2, -0.15) is 4.98 Å². The smallest absolute Gasteiger partial charge is 0.332 e. The van der Waals surface area contributed by atoms with E-state index in [1.165, 1.54) is 4.57 Å². The lowest BCUT2D eigenvalue weighted by atomic mass is 10.1. The molecule has 1 aliphatic rings. The summed E-state index contributed by atoms with van der Waals surface area (Å²) in [5.74, 6) is 5.94. The van der Waals surface area contributed by atoms with Crippen LogP contribution in [0.3, 0.4) is 0 Å². The van der Waals surface area contributed by atoms with Gasteiger partial charge in [-0.3, -0.25) is 18.7 Å². The Labute approximate surface area is 197 Å². The van der Waals surface area contributed by atoms with Gasteiger partial charge in [0.25, 0.3) is 5.56 Å². The van der Waals surface area contributed by atoms with Gasteiger partial charge < -0.3 is 16.0 Å². The summed E-state index contributed by atoms with van der Waals surface area (Å²) in [5.41, 5.74) is 7.00. The molecule has 34 heavy (non-hydrogen) atoms. The van der Waals surface area contributed by atoms with E-state index in [0.717, 1.165) is 29.5 Å². The van der Waals surface area contributed by atoms with Gasteiger partial charge in [0.15, 0.2) is 11.2 Å². The first kappa shape index (κ1) is 23.3. The number of carbonyl (C=O) groups excluding carboxylic acids is 1. The van der Waals surface area contributed by atoms with E-state index in [-0.39, 0.29) is 23.8 Å². The number of benzene rings is 1. The molecule has 1 saturated heterocycles. The lowest BCUT2D eigenvalue weighted by Crippen LogP contribution is -2.44. The van der Waals surface area contributed by atoms with Crippen LogP contribution in [0.2, 0.25) is 0 Å². The van der Waals surface area contributed by atoms with E-state index in [1.54, 1.807) is 30.7 Å². The quantitative estimate of drug-likeness (QED) is 0.540. The molecule has 3 aromatic rings. The molecule has 10 nitrogen and oxygen atoms in total. The van der Waals surface area contributed by atoms with Gasteiger partial charge in [-0.05, 0) is 38.3 Å². The zero-order chi connectivity index (χ0) is 24.4. The van der Waals surface area contributed by atoms with Crippen molar-refractivity contribution in [1.29, 1.82) is 0 Å². The first-order valence-corrected chi connectivity index (χ1v) is 11.3. The fraction of sp³-hybridized carbons (Fsp3) is 0.417. The average Bonchev–Trinajstić information content (AvgIpc) is 3.20. The minimum Gasteiger partial charge on any atom is -0.341 e. The van der Waals surface area contributed by atoms with Crippen LogP contribution in [0.15, 0.2) is 33.9 Å². The molecule has 178 valence electrons. The van der Waals surface area contributed by atoms with Crippen molar-refractivity contribution in [3.8, 4) is 11.8 Å². The molecule has 0 radical (unpaired) electrons. The predicted molar refractivity (Wildman–Crippen MR) is 132 cm³/mol. The molecule has 1 aliphatic heterocycles. The summed E-state index contributed by atoms with van der Waals surface area (Å²) < 4.78 is 3.97. The maximum atomic E-state index is 13.5. The van der Waals surface area contributed by atoms with Crippen LogP contribution in [0.25, 0.3) is 11.2 Å². The Morgan fingerprint density at radius 1 is 1.26 bits per heavy atom. The molecule has 2 aromatic heterocycles. The van der Waals surface area contributed by atoms with Crippen LogP contribution in [0, 0.1) is 18.8 Å². The first-order valence-electron chi connectivity index (χ1n) is 11.3. The average molecular weight is 464 g/mol. The number of nitrogens with zero attached hydrogens (tertiary/aromatic N) is 5. The molecule has 1 fully saturated rings. The zero-order valence-electron chi connectivity index (χ0n) is 19.7. The molecular formula is C24H29N7O3. The molecule has 1 aromatic carbocycles. The van der Waals surface area contributed by atoms with Crippen LogP contribution < -0.4 is 27.2 Å². The summed E-state index contributed by atoms with van der Waals surface area (Å²) >= 11 is 0. The monoisotopic (exact) mass is 463 g/mol. The second-order valence-electron chi connectivity index (χ2n) is 8.54. The van der Waals surface area contributed by atoms with Crippen molar-refractivity contribution in [1.82, 2.24) is 18.7 Å². The fourth-order valence-electron chi connectivity index (χ4n) is 4.29. The molecule has 1 amide bonds. The third-order valence-corrected chi connectivity index (χ3v) is 6.09. The number of nitrogens with two attached hydrogens (primary N) is 1. The summed E-state index contributed by atoms with van der Waals surface area (Å²) in [6, 6.07) is 7.32. The van der Waals surface area contributed by atoms with Crippen molar-refractivity contribution < 1.29 is 4.79 Å². The van der Waals surface area contributed by atoms with Gasteiger partial charge in [-0.15, -0.1) is 5.92 Å². The molecule has 0 saturated carbocycles. The van der Waals surface area contributed by atoms with Gasteiger partial charge in [0, 0.05) is 31.9 Å². The summed E-state index contributed by atoms with van der Waals surface area (Å²) in [6.07, 6.45) is 1.83. The van der Waals surface area contributed by atoms with Gasteiger partial charge in [0.1, 0.15) is 6.54 Å². The highest BCUT2D eigenvalue weighted by molar-refractivity contribution is 5.91. The normalized spacial score (nSPS) is 15.8. The summed E-state index contributed by atoms with van der Waals surface area (Å²) in [7, 11) is 1.55. The number of amides is 1. The second-order valence-corrected chi connectivity index (χ2v) is 8.54. The van der Waals surface area contributed by atoms with Crippen molar-refractivity contribution >= 4 is 28.7 Å². The standard InChI is InChI=1S/C24H29N7O3/c1-4-5-13-30-20-21(27-23(30)29-12-8-10-17(25)14-29)28(3)24(34)31(22(20)33)15-19(32)26-18-11-7-6-9-16(18)2/h6-7,9,11,17H,8,10,12-15,25H2,1-3H3,(H,26,32)/t17-/m1/s1. The fourth-order valence-corrected chi connectivity index (χ4v) is 4.29. The summed E-state index contributed by atoms with van der Waals surface area (Å²) in [5, 5.41) is 2.78. The van der Waals surface area contributed by atoms with Crippen LogP contribution in [0.4, 0.5) is 11.6 Å². The van der Waals surface area contributed by atoms with Crippen LogP contribution in [-0.2, 0) is 24.9 Å². The van der Waals surface area contributed by atoms with Crippen molar-refractivity contribution in [3.63, 3.8) is 0 Å². The molecule has 0 spiro atoms. The van der Waals surface area contributed by atoms with E-state index in [1.807, 2.05) is 24.0 Å². The maximum absolute atomic E-state index is 13.5. The Kier molecular flexibility index (Phi) is 6.56. The number of para-hydroxylation sites is 1. The van der Waals surface area contributed by atoms with Gasteiger partial charge in [-0.1, -0.05) is 24.1 Å². The molecule has 10 heteroatoms.